The van der Waals surface area contributed by atoms with E-state index in [4.69, 9.17) is 0 Å². The van der Waals surface area contributed by atoms with Gasteiger partial charge in [-0.05, 0) is 37.9 Å². The number of hydrogen-bond donors (Lipinski definition) is 1. The molecular weight excluding hydrogens is 186 g/mol. The predicted octanol–water partition coefficient (Wildman–Crippen LogP) is 1.84. The summed E-state index contributed by atoms with van der Waals surface area (Å²) in [5.41, 5.74) is 2.83. The summed E-state index contributed by atoms with van der Waals surface area (Å²) in [5, 5.41) is 8.05. The maximum Gasteiger partial charge on any atom is 0.0688 e. The van der Waals surface area contributed by atoms with Gasteiger partial charge in [-0.25, -0.2) is 0 Å². The van der Waals surface area contributed by atoms with Crippen LogP contribution < -0.4 is 5.32 Å². The van der Waals surface area contributed by atoms with Crippen molar-refractivity contribution >= 4 is 0 Å². The van der Waals surface area contributed by atoms with Crippen molar-refractivity contribution in [2.75, 3.05) is 13.1 Å². The third-order valence-corrected chi connectivity index (χ3v) is 3.18. The Hall–Kier alpha value is -0.830. The van der Waals surface area contributed by atoms with E-state index in [1.54, 1.807) is 0 Å². The first-order valence-corrected chi connectivity index (χ1v) is 6.04. The number of hydrogen-bond acceptors (Lipinski definition) is 2. The van der Waals surface area contributed by atoms with Gasteiger partial charge in [-0.15, -0.1) is 0 Å². The van der Waals surface area contributed by atoms with Crippen LogP contribution >= 0.6 is 0 Å². The highest BCUT2D eigenvalue weighted by molar-refractivity contribution is 5.22. The molecule has 15 heavy (non-hydrogen) atoms. The molecule has 1 aliphatic rings. The Morgan fingerprint density at radius 2 is 2.20 bits per heavy atom. The van der Waals surface area contributed by atoms with Gasteiger partial charge in [-0.1, -0.05) is 13.3 Å². The number of nitrogens with zero attached hydrogens (tertiary/aromatic N) is 2. The molecule has 0 amide bonds. The van der Waals surface area contributed by atoms with Gasteiger partial charge >= 0.3 is 0 Å². The van der Waals surface area contributed by atoms with Gasteiger partial charge in [-0.2, -0.15) is 5.10 Å². The van der Waals surface area contributed by atoms with Crippen molar-refractivity contribution in [2.24, 2.45) is 7.05 Å². The quantitative estimate of drug-likeness (QED) is 0.819. The van der Waals surface area contributed by atoms with Crippen LogP contribution in [0.1, 0.15) is 43.4 Å². The minimum atomic E-state index is 0.689. The lowest BCUT2D eigenvalue weighted by atomic mass is 9.91. The van der Waals surface area contributed by atoms with Crippen LogP contribution in [0.2, 0.25) is 0 Å². The van der Waals surface area contributed by atoms with E-state index in [0.29, 0.717) is 5.92 Å². The summed E-state index contributed by atoms with van der Waals surface area (Å²) in [4.78, 5) is 0. The fourth-order valence-electron chi connectivity index (χ4n) is 2.46. The van der Waals surface area contributed by atoms with Crippen LogP contribution in [0.15, 0.2) is 6.20 Å². The molecular formula is C12H21N3. The van der Waals surface area contributed by atoms with Crippen molar-refractivity contribution < 1.29 is 0 Å². The van der Waals surface area contributed by atoms with Gasteiger partial charge in [0.2, 0.25) is 0 Å². The monoisotopic (exact) mass is 207 g/mol. The van der Waals surface area contributed by atoms with E-state index in [2.05, 4.69) is 23.5 Å². The highest BCUT2D eigenvalue weighted by Gasteiger charge is 2.20. The third-order valence-electron chi connectivity index (χ3n) is 3.18. The molecule has 1 aromatic rings. The highest BCUT2D eigenvalue weighted by atomic mass is 15.3. The summed E-state index contributed by atoms with van der Waals surface area (Å²) < 4.78 is 1.97. The Balaban J connectivity index is 2.17. The zero-order valence-corrected chi connectivity index (χ0v) is 9.79. The number of piperidine rings is 1. The molecule has 0 aliphatic carbocycles. The van der Waals surface area contributed by atoms with E-state index in [1.165, 1.54) is 36.9 Å². The summed E-state index contributed by atoms with van der Waals surface area (Å²) >= 11 is 0. The van der Waals surface area contributed by atoms with Gasteiger partial charge in [0, 0.05) is 19.2 Å². The molecule has 1 aromatic heterocycles. The molecule has 84 valence electrons. The molecule has 1 aliphatic heterocycles. The standard InChI is InChI=1S/C12H21N3/c1-3-4-11-9-15(2)14-12(11)10-5-7-13-8-6-10/h9-10,13H,3-8H2,1-2H3. The van der Waals surface area contributed by atoms with E-state index in [1.807, 2.05) is 11.7 Å². The molecule has 1 saturated heterocycles. The van der Waals surface area contributed by atoms with E-state index in [9.17, 15) is 0 Å². The van der Waals surface area contributed by atoms with Crippen molar-refractivity contribution in [1.29, 1.82) is 0 Å². The maximum absolute atomic E-state index is 4.64. The molecule has 0 unspecified atom stereocenters. The first kappa shape index (κ1) is 10.7. The van der Waals surface area contributed by atoms with Gasteiger partial charge in [0.1, 0.15) is 0 Å². The van der Waals surface area contributed by atoms with Crippen LogP contribution in [0, 0.1) is 0 Å². The molecule has 0 aromatic carbocycles. The van der Waals surface area contributed by atoms with E-state index >= 15 is 0 Å². The van der Waals surface area contributed by atoms with E-state index in [-0.39, 0.29) is 0 Å². The largest absolute Gasteiger partial charge is 0.317 e. The summed E-state index contributed by atoms with van der Waals surface area (Å²) in [6, 6.07) is 0. The second kappa shape index (κ2) is 4.79. The first-order valence-electron chi connectivity index (χ1n) is 6.04. The summed E-state index contributed by atoms with van der Waals surface area (Å²) in [7, 11) is 2.03. The molecule has 0 radical (unpaired) electrons. The fourth-order valence-corrected chi connectivity index (χ4v) is 2.46. The van der Waals surface area contributed by atoms with E-state index in [0.717, 1.165) is 13.1 Å². The zero-order valence-electron chi connectivity index (χ0n) is 9.79. The lowest BCUT2D eigenvalue weighted by Crippen LogP contribution is -2.27. The lowest BCUT2D eigenvalue weighted by Gasteiger charge is -2.21. The second-order valence-corrected chi connectivity index (χ2v) is 4.49. The van der Waals surface area contributed by atoms with Gasteiger partial charge in [0.05, 0.1) is 5.69 Å². The topological polar surface area (TPSA) is 29.9 Å². The van der Waals surface area contributed by atoms with Gasteiger partial charge in [0.25, 0.3) is 0 Å². The van der Waals surface area contributed by atoms with Crippen molar-refractivity contribution in [3.05, 3.63) is 17.5 Å². The summed E-state index contributed by atoms with van der Waals surface area (Å²) in [6.07, 6.45) is 7.07. The normalized spacial score (nSPS) is 18.3. The molecule has 0 bridgehead atoms. The maximum atomic E-state index is 4.64. The summed E-state index contributed by atoms with van der Waals surface area (Å²) in [6.45, 7) is 4.53. The van der Waals surface area contributed by atoms with Gasteiger partial charge in [-0.3, -0.25) is 4.68 Å². The number of rotatable bonds is 3. The van der Waals surface area contributed by atoms with Crippen LogP contribution in [0.25, 0.3) is 0 Å². The SMILES string of the molecule is CCCc1cn(C)nc1C1CCNCC1. The average Bonchev–Trinajstić information content (AvgIpc) is 2.62. The smallest absolute Gasteiger partial charge is 0.0688 e. The number of aryl methyl sites for hydroxylation is 2. The molecule has 1 N–H and O–H groups in total. The van der Waals surface area contributed by atoms with Crippen molar-refractivity contribution in [3.63, 3.8) is 0 Å². The summed E-state index contributed by atoms with van der Waals surface area (Å²) in [5.74, 6) is 0.689. The second-order valence-electron chi connectivity index (χ2n) is 4.49. The Morgan fingerprint density at radius 3 is 2.87 bits per heavy atom. The highest BCUT2D eigenvalue weighted by Crippen LogP contribution is 2.27. The molecule has 3 heteroatoms. The molecule has 0 saturated carbocycles. The van der Waals surface area contributed by atoms with Crippen molar-refractivity contribution in [1.82, 2.24) is 15.1 Å². The van der Waals surface area contributed by atoms with E-state index < -0.39 is 0 Å². The van der Waals surface area contributed by atoms with Gasteiger partial charge < -0.3 is 5.32 Å². The molecule has 1 fully saturated rings. The van der Waals surface area contributed by atoms with Crippen LogP contribution in [-0.4, -0.2) is 22.9 Å². The van der Waals surface area contributed by atoms with Crippen LogP contribution in [-0.2, 0) is 13.5 Å². The molecule has 3 nitrogen and oxygen atoms in total. The Kier molecular flexibility index (Phi) is 3.41. The fraction of sp³-hybridized carbons (Fsp3) is 0.750. The van der Waals surface area contributed by atoms with Gasteiger partial charge in [0.15, 0.2) is 0 Å². The van der Waals surface area contributed by atoms with Crippen LogP contribution in [0.5, 0.6) is 0 Å². The molecule has 2 rings (SSSR count). The zero-order chi connectivity index (χ0) is 10.7. The minimum Gasteiger partial charge on any atom is -0.317 e. The Bertz CT molecular complexity index is 311. The Labute approximate surface area is 91.9 Å². The number of aromatic nitrogens is 2. The third kappa shape index (κ3) is 2.40. The van der Waals surface area contributed by atoms with Crippen molar-refractivity contribution in [2.45, 2.75) is 38.5 Å². The van der Waals surface area contributed by atoms with Crippen molar-refractivity contribution in [3.8, 4) is 0 Å². The van der Waals surface area contributed by atoms with Crippen LogP contribution in [0.4, 0.5) is 0 Å². The molecule has 0 atom stereocenters. The number of nitrogens with one attached hydrogen (secondary N) is 1. The molecule has 0 spiro atoms. The first-order chi connectivity index (χ1) is 7.31. The predicted molar refractivity (Wildman–Crippen MR) is 62.0 cm³/mol. The lowest BCUT2D eigenvalue weighted by molar-refractivity contribution is 0.448. The van der Waals surface area contributed by atoms with Crippen LogP contribution in [0.3, 0.4) is 0 Å². The molecule has 2 heterocycles. The Morgan fingerprint density at radius 1 is 1.47 bits per heavy atom. The average molecular weight is 207 g/mol. The minimum absolute atomic E-state index is 0.689.